The van der Waals surface area contributed by atoms with E-state index in [0.717, 1.165) is 22.6 Å². The number of hydrogen-bond acceptors (Lipinski definition) is 5. The Labute approximate surface area is 217 Å². The molecule has 0 saturated carbocycles. The maximum atomic E-state index is 13.4. The number of nitrogens with zero attached hydrogens (tertiary/aromatic N) is 1. The lowest BCUT2D eigenvalue weighted by Crippen LogP contribution is -2.29. The number of amides is 1. The summed E-state index contributed by atoms with van der Waals surface area (Å²) in [5.74, 6) is -1.56. The van der Waals surface area contributed by atoms with Crippen molar-refractivity contribution in [1.82, 2.24) is 4.90 Å². The molecule has 198 valence electrons. The number of ether oxygens (including phenoxy) is 2. The highest BCUT2D eigenvalue weighted by Crippen LogP contribution is 2.43. The minimum absolute atomic E-state index is 0.179. The van der Waals surface area contributed by atoms with Crippen molar-refractivity contribution in [2.45, 2.75) is 32.6 Å². The number of carbonyl (C=O) groups excluding carboxylic acids is 2. The van der Waals surface area contributed by atoms with E-state index in [9.17, 15) is 27.9 Å². The summed E-state index contributed by atoms with van der Waals surface area (Å²) in [6.45, 7) is 3.31. The van der Waals surface area contributed by atoms with Gasteiger partial charge in [-0.1, -0.05) is 30.3 Å². The number of aliphatic hydroxyl groups excluding tert-OH is 1. The van der Waals surface area contributed by atoms with Crippen molar-refractivity contribution in [2.75, 3.05) is 14.2 Å². The molecule has 1 saturated heterocycles. The van der Waals surface area contributed by atoms with E-state index in [1.54, 1.807) is 37.3 Å². The molecule has 1 atom stereocenters. The molecule has 6 nitrogen and oxygen atoms in total. The summed E-state index contributed by atoms with van der Waals surface area (Å²) in [6, 6.07) is 13.6. The lowest BCUT2D eigenvalue weighted by molar-refractivity contribution is -0.140. The summed E-state index contributed by atoms with van der Waals surface area (Å²) in [4.78, 5) is 27.9. The van der Waals surface area contributed by atoms with Crippen LogP contribution < -0.4 is 9.47 Å². The average Bonchev–Trinajstić information content (AvgIpc) is 3.12. The van der Waals surface area contributed by atoms with Gasteiger partial charge in [0.2, 0.25) is 0 Å². The highest BCUT2D eigenvalue weighted by atomic mass is 19.4. The third-order valence-electron chi connectivity index (χ3n) is 6.43. The van der Waals surface area contributed by atoms with Crippen LogP contribution in [0.4, 0.5) is 13.2 Å². The molecule has 0 aliphatic carbocycles. The first-order valence-electron chi connectivity index (χ1n) is 11.7. The second kappa shape index (κ2) is 10.2. The fourth-order valence-corrected chi connectivity index (χ4v) is 4.79. The summed E-state index contributed by atoms with van der Waals surface area (Å²) in [6.07, 6.45) is -4.57. The maximum Gasteiger partial charge on any atom is 0.416 e. The Hall–Kier alpha value is -4.27. The lowest BCUT2D eigenvalue weighted by atomic mass is 9.93. The second-order valence-corrected chi connectivity index (χ2v) is 9.06. The van der Waals surface area contributed by atoms with Crippen LogP contribution in [0.5, 0.6) is 11.5 Å². The average molecular weight is 526 g/mol. The number of rotatable bonds is 6. The molecule has 1 fully saturated rings. The van der Waals surface area contributed by atoms with Gasteiger partial charge in [0.15, 0.2) is 0 Å². The van der Waals surface area contributed by atoms with Crippen molar-refractivity contribution in [3.63, 3.8) is 0 Å². The van der Waals surface area contributed by atoms with Crippen molar-refractivity contribution in [3.8, 4) is 11.5 Å². The summed E-state index contributed by atoms with van der Waals surface area (Å²) in [7, 11) is 2.89. The predicted molar refractivity (Wildman–Crippen MR) is 135 cm³/mol. The summed E-state index contributed by atoms with van der Waals surface area (Å²) in [5, 5.41) is 11.5. The number of halogens is 3. The molecular weight excluding hydrogens is 499 g/mol. The largest absolute Gasteiger partial charge is 0.507 e. The van der Waals surface area contributed by atoms with Crippen LogP contribution >= 0.6 is 0 Å². The molecular formula is C29H26F3NO5. The van der Waals surface area contributed by atoms with Crippen molar-refractivity contribution >= 4 is 17.4 Å². The molecule has 1 aliphatic rings. The quantitative estimate of drug-likeness (QED) is 0.244. The molecule has 1 heterocycles. The molecule has 38 heavy (non-hydrogen) atoms. The van der Waals surface area contributed by atoms with Crippen LogP contribution in [-0.4, -0.2) is 35.9 Å². The Bertz CT molecular complexity index is 1440. The molecule has 9 heteroatoms. The van der Waals surface area contributed by atoms with Gasteiger partial charge in [-0.05, 0) is 66.4 Å². The van der Waals surface area contributed by atoms with Gasteiger partial charge >= 0.3 is 6.18 Å². The Morgan fingerprint density at radius 3 is 2.34 bits per heavy atom. The smallest absolute Gasteiger partial charge is 0.416 e. The number of methoxy groups -OCH3 is 2. The van der Waals surface area contributed by atoms with E-state index in [4.69, 9.17) is 9.47 Å². The van der Waals surface area contributed by atoms with Gasteiger partial charge in [0.1, 0.15) is 17.3 Å². The van der Waals surface area contributed by atoms with Crippen molar-refractivity contribution < 1.29 is 37.3 Å². The standard InChI is InChI=1S/C29H26F3NO5/c1-16-11-17(2)27(38-4)22(12-16)25(34)23-24(19-8-6-10-21(14-19)37-3)33(28(36)26(23)35)15-18-7-5-9-20(13-18)29(30,31)32/h5-14,24,34H,15H2,1-4H3/b25-23+. The van der Waals surface area contributed by atoms with E-state index in [0.29, 0.717) is 22.6 Å². The van der Waals surface area contributed by atoms with Gasteiger partial charge in [0, 0.05) is 6.54 Å². The number of aliphatic hydroxyl groups is 1. The highest BCUT2D eigenvalue weighted by molar-refractivity contribution is 6.46. The third kappa shape index (κ3) is 4.96. The first kappa shape index (κ1) is 26.8. The molecule has 0 bridgehead atoms. The SMILES string of the molecule is COc1cccc(C2/C(=C(\O)c3cc(C)cc(C)c3OC)C(=O)C(=O)N2Cc2cccc(C(F)(F)F)c2)c1. The Morgan fingerprint density at radius 2 is 1.68 bits per heavy atom. The number of hydrogen-bond donors (Lipinski definition) is 1. The third-order valence-corrected chi connectivity index (χ3v) is 6.43. The monoisotopic (exact) mass is 525 g/mol. The van der Waals surface area contributed by atoms with Crippen LogP contribution in [0.1, 0.15) is 39.4 Å². The molecule has 1 unspecified atom stereocenters. The molecule has 1 amide bonds. The normalized spacial score (nSPS) is 17.1. The van der Waals surface area contributed by atoms with Gasteiger partial charge in [0.25, 0.3) is 11.7 Å². The van der Waals surface area contributed by atoms with E-state index in [1.807, 2.05) is 13.0 Å². The van der Waals surface area contributed by atoms with E-state index in [1.165, 1.54) is 26.4 Å². The molecule has 1 N–H and O–H groups in total. The number of likely N-dealkylation sites (tertiary alicyclic amines) is 1. The number of aryl methyl sites for hydroxylation is 2. The van der Waals surface area contributed by atoms with Crippen LogP contribution in [-0.2, 0) is 22.3 Å². The molecule has 0 spiro atoms. The molecule has 3 aromatic carbocycles. The van der Waals surface area contributed by atoms with Crippen LogP contribution in [0.3, 0.4) is 0 Å². The van der Waals surface area contributed by atoms with Gasteiger partial charge in [-0.25, -0.2) is 0 Å². The highest BCUT2D eigenvalue weighted by Gasteiger charge is 2.46. The lowest BCUT2D eigenvalue weighted by Gasteiger charge is -2.26. The van der Waals surface area contributed by atoms with E-state index < -0.39 is 35.2 Å². The molecule has 0 aromatic heterocycles. The zero-order chi connectivity index (χ0) is 27.8. The zero-order valence-corrected chi connectivity index (χ0v) is 21.2. The summed E-state index contributed by atoms with van der Waals surface area (Å²) < 4.78 is 50.8. The minimum atomic E-state index is -4.57. The van der Waals surface area contributed by atoms with Gasteiger partial charge in [-0.2, -0.15) is 13.2 Å². The molecule has 1 aliphatic heterocycles. The van der Waals surface area contributed by atoms with Crippen LogP contribution in [0.2, 0.25) is 0 Å². The summed E-state index contributed by atoms with van der Waals surface area (Å²) in [5.41, 5.74) is 1.29. The van der Waals surface area contributed by atoms with Crippen LogP contribution in [0.15, 0.2) is 66.2 Å². The number of ketones is 1. The number of benzene rings is 3. The molecule has 0 radical (unpaired) electrons. The Morgan fingerprint density at radius 1 is 0.974 bits per heavy atom. The van der Waals surface area contributed by atoms with E-state index in [-0.39, 0.29) is 23.2 Å². The van der Waals surface area contributed by atoms with E-state index >= 15 is 0 Å². The fourth-order valence-electron chi connectivity index (χ4n) is 4.79. The van der Waals surface area contributed by atoms with Gasteiger partial charge in [-0.15, -0.1) is 0 Å². The zero-order valence-electron chi connectivity index (χ0n) is 21.2. The predicted octanol–water partition coefficient (Wildman–Crippen LogP) is 5.96. The second-order valence-electron chi connectivity index (χ2n) is 9.06. The number of Topliss-reactive ketones (excluding diaryl/α,β-unsaturated/α-hetero) is 1. The van der Waals surface area contributed by atoms with Gasteiger partial charge in [0.05, 0.1) is 37.0 Å². The summed E-state index contributed by atoms with van der Waals surface area (Å²) >= 11 is 0. The topological polar surface area (TPSA) is 76.1 Å². The Balaban J connectivity index is 1.92. The van der Waals surface area contributed by atoms with Gasteiger partial charge < -0.3 is 19.5 Å². The van der Waals surface area contributed by atoms with Crippen molar-refractivity contribution in [1.29, 1.82) is 0 Å². The Kier molecular flexibility index (Phi) is 7.22. The molecule has 4 rings (SSSR count). The first-order chi connectivity index (χ1) is 18.0. The van der Waals surface area contributed by atoms with Crippen LogP contribution in [0.25, 0.3) is 5.76 Å². The maximum absolute atomic E-state index is 13.4. The van der Waals surface area contributed by atoms with Crippen molar-refractivity contribution in [2.24, 2.45) is 0 Å². The minimum Gasteiger partial charge on any atom is -0.507 e. The molecule has 3 aromatic rings. The number of carbonyl (C=O) groups is 2. The fraction of sp³-hybridized carbons (Fsp3) is 0.241. The number of alkyl halides is 3. The van der Waals surface area contributed by atoms with Crippen molar-refractivity contribution in [3.05, 3.63) is 99.6 Å². The first-order valence-corrected chi connectivity index (χ1v) is 11.7. The van der Waals surface area contributed by atoms with E-state index in [2.05, 4.69) is 0 Å². The van der Waals surface area contributed by atoms with Crippen LogP contribution in [0, 0.1) is 13.8 Å². The van der Waals surface area contributed by atoms with Gasteiger partial charge in [-0.3, -0.25) is 9.59 Å².